The van der Waals surface area contributed by atoms with E-state index in [4.69, 9.17) is 0 Å². The third-order valence-electron chi connectivity index (χ3n) is 3.14. The second-order valence-corrected chi connectivity index (χ2v) is 5.29. The topological polar surface area (TPSA) is 37.3 Å². The van der Waals surface area contributed by atoms with Gasteiger partial charge in [0.2, 0.25) is 0 Å². The highest BCUT2D eigenvalue weighted by molar-refractivity contribution is 7.10. The highest BCUT2D eigenvalue weighted by Gasteiger charge is 2.19. The predicted molar refractivity (Wildman–Crippen MR) is 75.3 cm³/mol. The lowest BCUT2D eigenvalue weighted by Crippen LogP contribution is -2.21. The number of rotatable bonds is 4. The van der Waals surface area contributed by atoms with Crippen LogP contribution in [0.1, 0.15) is 22.8 Å². The van der Waals surface area contributed by atoms with Crippen LogP contribution in [0.4, 0.5) is 0 Å². The van der Waals surface area contributed by atoms with Crippen molar-refractivity contribution in [3.63, 3.8) is 0 Å². The number of aromatic nitrogens is 1. The summed E-state index contributed by atoms with van der Waals surface area (Å²) in [5.41, 5.74) is 1.31. The first-order valence-corrected chi connectivity index (χ1v) is 7.02. The molecule has 0 aliphatic carbocycles. The molecule has 0 aromatic carbocycles. The third kappa shape index (κ3) is 2.43. The molecule has 3 heterocycles. The lowest BCUT2D eigenvalue weighted by Gasteiger charge is -2.16. The average molecular weight is 257 g/mol. The van der Waals surface area contributed by atoms with Crippen LogP contribution in [0.5, 0.6) is 0 Å². The number of nitrogens with zero attached hydrogens (tertiary/aromatic N) is 2. The fourth-order valence-corrected chi connectivity index (χ4v) is 3.10. The summed E-state index contributed by atoms with van der Waals surface area (Å²) < 4.78 is 0. The zero-order valence-corrected chi connectivity index (χ0v) is 10.9. The van der Waals surface area contributed by atoms with Gasteiger partial charge in [0.1, 0.15) is 0 Å². The maximum absolute atomic E-state index is 4.51. The molecule has 3 nitrogen and oxygen atoms in total. The molecule has 0 bridgehead atoms. The minimum absolute atomic E-state index is 0.386. The average Bonchev–Trinajstić information content (AvgIpc) is 3.10. The number of aliphatic imine (C=N–C) groups is 1. The van der Waals surface area contributed by atoms with Gasteiger partial charge in [0.15, 0.2) is 0 Å². The first-order valence-electron chi connectivity index (χ1n) is 6.14. The van der Waals surface area contributed by atoms with Gasteiger partial charge < -0.3 is 5.32 Å². The van der Waals surface area contributed by atoms with Gasteiger partial charge >= 0.3 is 0 Å². The Morgan fingerprint density at radius 2 is 2.17 bits per heavy atom. The number of amidine groups is 1. The first kappa shape index (κ1) is 11.4. The maximum atomic E-state index is 4.51. The van der Waals surface area contributed by atoms with Crippen LogP contribution in [-0.2, 0) is 0 Å². The number of nitrogens with one attached hydrogen (secondary N) is 1. The highest BCUT2D eigenvalue weighted by Crippen LogP contribution is 2.31. The van der Waals surface area contributed by atoms with Gasteiger partial charge in [-0.25, -0.2) is 0 Å². The zero-order valence-electron chi connectivity index (χ0n) is 10.0. The number of hydrogen-bond acceptors (Lipinski definition) is 4. The van der Waals surface area contributed by atoms with E-state index in [-0.39, 0.29) is 0 Å². The van der Waals surface area contributed by atoms with Crippen molar-refractivity contribution in [1.82, 2.24) is 10.3 Å². The largest absolute Gasteiger partial charge is 0.372 e. The van der Waals surface area contributed by atoms with Crippen molar-refractivity contribution in [2.45, 2.75) is 12.3 Å². The van der Waals surface area contributed by atoms with E-state index in [1.54, 1.807) is 11.3 Å². The van der Waals surface area contributed by atoms with Crippen molar-refractivity contribution < 1.29 is 0 Å². The van der Waals surface area contributed by atoms with Gasteiger partial charge in [-0.2, -0.15) is 0 Å². The molecule has 0 radical (unpaired) electrons. The molecular weight excluding hydrogens is 242 g/mol. The summed E-state index contributed by atoms with van der Waals surface area (Å²) in [4.78, 5) is 9.99. The Bertz CT molecular complexity index is 519. The normalized spacial score (nSPS) is 16.1. The van der Waals surface area contributed by atoms with Crippen molar-refractivity contribution in [2.24, 2.45) is 4.99 Å². The molecule has 4 heteroatoms. The van der Waals surface area contributed by atoms with E-state index in [2.05, 4.69) is 44.9 Å². The second-order valence-electron chi connectivity index (χ2n) is 4.31. The van der Waals surface area contributed by atoms with E-state index in [0.717, 1.165) is 25.3 Å². The predicted octanol–water partition coefficient (Wildman–Crippen LogP) is 2.67. The highest BCUT2D eigenvalue weighted by atomic mass is 32.1. The molecule has 0 saturated heterocycles. The molecule has 2 aromatic rings. The number of thiophene rings is 1. The van der Waals surface area contributed by atoms with Crippen LogP contribution in [0.25, 0.3) is 0 Å². The fraction of sp³-hybridized carbons (Fsp3) is 0.286. The first-order chi connectivity index (χ1) is 8.93. The van der Waals surface area contributed by atoms with Gasteiger partial charge in [-0.05, 0) is 29.1 Å². The molecule has 2 aromatic heterocycles. The van der Waals surface area contributed by atoms with Gasteiger partial charge in [0.25, 0.3) is 0 Å². The fourth-order valence-electron chi connectivity index (χ4n) is 2.25. The third-order valence-corrected chi connectivity index (χ3v) is 4.12. The van der Waals surface area contributed by atoms with Crippen LogP contribution in [-0.4, -0.2) is 23.9 Å². The molecule has 92 valence electrons. The lowest BCUT2D eigenvalue weighted by molar-refractivity contribution is 0.847. The SMILES string of the molecule is c1csc(C(CC2=NCCN2)c2ccncc2)c1. The van der Waals surface area contributed by atoms with E-state index < -0.39 is 0 Å². The molecule has 1 N–H and O–H groups in total. The molecular formula is C14H15N3S. The molecule has 1 aliphatic heterocycles. The molecule has 1 atom stereocenters. The Morgan fingerprint density at radius 1 is 1.28 bits per heavy atom. The van der Waals surface area contributed by atoms with Gasteiger partial charge in [-0.3, -0.25) is 9.98 Å². The Morgan fingerprint density at radius 3 is 2.83 bits per heavy atom. The number of pyridine rings is 1. The minimum Gasteiger partial charge on any atom is -0.372 e. The van der Waals surface area contributed by atoms with Crippen molar-refractivity contribution >= 4 is 17.2 Å². The summed E-state index contributed by atoms with van der Waals surface area (Å²) in [5.74, 6) is 1.52. The van der Waals surface area contributed by atoms with E-state index in [1.807, 2.05) is 12.4 Å². The maximum Gasteiger partial charge on any atom is 0.0974 e. The molecule has 0 spiro atoms. The summed E-state index contributed by atoms with van der Waals surface area (Å²) in [5, 5.41) is 5.49. The summed E-state index contributed by atoms with van der Waals surface area (Å²) in [7, 11) is 0. The van der Waals surface area contributed by atoms with E-state index in [1.165, 1.54) is 10.4 Å². The van der Waals surface area contributed by atoms with Crippen molar-refractivity contribution in [3.05, 3.63) is 52.5 Å². The molecule has 0 fully saturated rings. The Labute approximate surface area is 111 Å². The standard InChI is InChI=1S/C14H15N3S/c1-2-13(18-9-1)12(10-14-16-7-8-17-14)11-3-5-15-6-4-11/h1-6,9,12H,7-8,10H2,(H,16,17). The monoisotopic (exact) mass is 257 g/mol. The van der Waals surface area contributed by atoms with Crippen LogP contribution in [0.3, 0.4) is 0 Å². The smallest absolute Gasteiger partial charge is 0.0974 e. The Hall–Kier alpha value is -1.68. The summed E-state index contributed by atoms with van der Waals surface area (Å²) in [6.07, 6.45) is 4.67. The molecule has 0 amide bonds. The summed E-state index contributed by atoms with van der Waals surface area (Å²) >= 11 is 1.81. The van der Waals surface area contributed by atoms with Crippen LogP contribution in [0.2, 0.25) is 0 Å². The summed E-state index contributed by atoms with van der Waals surface area (Å²) in [6.45, 7) is 1.88. The van der Waals surface area contributed by atoms with Gasteiger partial charge in [-0.1, -0.05) is 6.07 Å². The molecule has 1 aliphatic rings. The zero-order chi connectivity index (χ0) is 12.2. The number of hydrogen-bond donors (Lipinski definition) is 1. The molecule has 1 unspecified atom stereocenters. The van der Waals surface area contributed by atoms with Crippen LogP contribution >= 0.6 is 11.3 Å². The van der Waals surface area contributed by atoms with Crippen LogP contribution in [0, 0.1) is 0 Å². The summed E-state index contributed by atoms with van der Waals surface area (Å²) in [6, 6.07) is 8.50. The Balaban J connectivity index is 1.89. The lowest BCUT2D eigenvalue weighted by atomic mass is 9.94. The second kappa shape index (κ2) is 5.31. The van der Waals surface area contributed by atoms with E-state index in [9.17, 15) is 0 Å². The van der Waals surface area contributed by atoms with Gasteiger partial charge in [0.05, 0.1) is 12.4 Å². The van der Waals surface area contributed by atoms with E-state index in [0.29, 0.717) is 5.92 Å². The van der Waals surface area contributed by atoms with Crippen molar-refractivity contribution in [1.29, 1.82) is 0 Å². The van der Waals surface area contributed by atoms with Crippen LogP contribution in [0.15, 0.2) is 47.0 Å². The molecule has 3 rings (SSSR count). The quantitative estimate of drug-likeness (QED) is 0.914. The van der Waals surface area contributed by atoms with Gasteiger partial charge in [-0.15, -0.1) is 11.3 Å². The minimum atomic E-state index is 0.386. The van der Waals surface area contributed by atoms with Crippen LogP contribution < -0.4 is 5.32 Å². The molecule has 0 saturated carbocycles. The Kier molecular flexibility index (Phi) is 3.37. The van der Waals surface area contributed by atoms with E-state index >= 15 is 0 Å². The molecule has 18 heavy (non-hydrogen) atoms. The van der Waals surface area contributed by atoms with Crippen molar-refractivity contribution in [3.8, 4) is 0 Å². The van der Waals surface area contributed by atoms with Gasteiger partial charge in [0, 0.05) is 36.2 Å². The van der Waals surface area contributed by atoms with Crippen molar-refractivity contribution in [2.75, 3.05) is 13.1 Å².